The normalized spacial score (nSPS) is 10.5. The summed E-state index contributed by atoms with van der Waals surface area (Å²) in [6.07, 6.45) is 2.27. The highest BCUT2D eigenvalue weighted by molar-refractivity contribution is 6.31. The molecule has 1 aromatic carbocycles. The Morgan fingerprint density at radius 3 is 2.82 bits per heavy atom. The Bertz CT molecular complexity index is 531. The molecule has 3 nitrogen and oxygen atoms in total. The molecule has 0 atom stereocenters. The van der Waals surface area contributed by atoms with E-state index in [1.165, 1.54) is 6.07 Å². The van der Waals surface area contributed by atoms with Gasteiger partial charge < -0.3 is 5.73 Å². The highest BCUT2D eigenvalue weighted by atomic mass is 35.5. The van der Waals surface area contributed by atoms with Gasteiger partial charge in [-0.05, 0) is 30.8 Å². The third-order valence-corrected chi connectivity index (χ3v) is 2.58. The van der Waals surface area contributed by atoms with Crippen molar-refractivity contribution in [1.82, 2.24) is 9.97 Å². The quantitative estimate of drug-likeness (QED) is 0.912. The number of halogens is 2. The van der Waals surface area contributed by atoms with Crippen LogP contribution in [0.2, 0.25) is 5.02 Å². The molecule has 1 heterocycles. The molecule has 2 aromatic rings. The number of hydrogen-bond donors (Lipinski definition) is 1. The molecule has 0 unspecified atom stereocenters. The second kappa shape index (κ2) is 5.21. The molecule has 0 bridgehead atoms. The van der Waals surface area contributed by atoms with Gasteiger partial charge in [-0.15, -0.1) is 0 Å². The fourth-order valence-corrected chi connectivity index (χ4v) is 1.65. The van der Waals surface area contributed by atoms with Gasteiger partial charge in [-0.3, -0.25) is 0 Å². The van der Waals surface area contributed by atoms with E-state index in [1.807, 2.05) is 0 Å². The maximum atomic E-state index is 13.0. The summed E-state index contributed by atoms with van der Waals surface area (Å²) in [7, 11) is 0. The fourth-order valence-electron chi connectivity index (χ4n) is 1.46. The molecule has 0 aliphatic carbocycles. The second-order valence-electron chi connectivity index (χ2n) is 3.53. The van der Waals surface area contributed by atoms with Gasteiger partial charge in [0, 0.05) is 18.2 Å². The van der Waals surface area contributed by atoms with E-state index in [1.54, 1.807) is 24.4 Å². The molecule has 88 valence electrons. The van der Waals surface area contributed by atoms with E-state index < -0.39 is 5.82 Å². The first-order valence-electron chi connectivity index (χ1n) is 5.18. The molecule has 2 rings (SSSR count). The van der Waals surface area contributed by atoms with Gasteiger partial charge in [-0.1, -0.05) is 11.6 Å². The summed E-state index contributed by atoms with van der Waals surface area (Å²) in [5, 5.41) is 0.0847. The van der Waals surface area contributed by atoms with Crippen LogP contribution in [0.5, 0.6) is 0 Å². The molecule has 0 amide bonds. The second-order valence-corrected chi connectivity index (χ2v) is 3.93. The van der Waals surface area contributed by atoms with Crippen LogP contribution in [0, 0.1) is 5.82 Å². The van der Waals surface area contributed by atoms with E-state index in [2.05, 4.69) is 9.97 Å². The number of aromatic nitrogens is 2. The van der Waals surface area contributed by atoms with Crippen molar-refractivity contribution in [2.75, 3.05) is 6.54 Å². The maximum absolute atomic E-state index is 13.0. The van der Waals surface area contributed by atoms with Crippen LogP contribution in [-0.4, -0.2) is 16.5 Å². The van der Waals surface area contributed by atoms with Gasteiger partial charge in [0.25, 0.3) is 0 Å². The first-order valence-corrected chi connectivity index (χ1v) is 5.56. The molecule has 5 heteroatoms. The van der Waals surface area contributed by atoms with Crippen LogP contribution in [0.3, 0.4) is 0 Å². The van der Waals surface area contributed by atoms with Gasteiger partial charge in [-0.2, -0.15) is 0 Å². The summed E-state index contributed by atoms with van der Waals surface area (Å²) >= 11 is 5.73. The van der Waals surface area contributed by atoms with Crippen molar-refractivity contribution >= 4 is 11.6 Å². The molecule has 2 N–H and O–H groups in total. The van der Waals surface area contributed by atoms with Crippen molar-refractivity contribution in [2.45, 2.75) is 6.42 Å². The highest BCUT2D eigenvalue weighted by Crippen LogP contribution is 2.23. The Morgan fingerprint density at radius 1 is 1.29 bits per heavy atom. The summed E-state index contributed by atoms with van der Waals surface area (Å²) in [4.78, 5) is 8.43. The zero-order valence-corrected chi connectivity index (χ0v) is 9.78. The molecular weight excluding hydrogens is 241 g/mol. The van der Waals surface area contributed by atoms with Crippen molar-refractivity contribution in [3.63, 3.8) is 0 Å². The predicted molar refractivity (Wildman–Crippen MR) is 65.2 cm³/mol. The standard InChI is InChI=1S/C12H11ClFN3/c13-9-7-8(1-2-10(9)14)11-4-6-16-12(17-11)3-5-15/h1-2,4,6-7H,3,5,15H2. The molecule has 0 spiro atoms. The van der Waals surface area contributed by atoms with Gasteiger partial charge in [0.2, 0.25) is 0 Å². The first-order chi connectivity index (χ1) is 8.20. The van der Waals surface area contributed by atoms with Crippen molar-refractivity contribution in [3.05, 3.63) is 47.1 Å². The summed E-state index contributed by atoms with van der Waals surface area (Å²) in [5.74, 6) is 0.233. The minimum atomic E-state index is -0.438. The van der Waals surface area contributed by atoms with E-state index in [0.29, 0.717) is 24.5 Å². The molecule has 0 aliphatic rings. The Hall–Kier alpha value is -1.52. The summed E-state index contributed by atoms with van der Waals surface area (Å²) in [6, 6.07) is 6.26. The summed E-state index contributed by atoms with van der Waals surface area (Å²) in [5.41, 5.74) is 6.92. The highest BCUT2D eigenvalue weighted by Gasteiger charge is 2.05. The van der Waals surface area contributed by atoms with E-state index in [-0.39, 0.29) is 5.02 Å². The predicted octanol–water partition coefficient (Wildman–Crippen LogP) is 2.44. The average Bonchev–Trinajstić information content (AvgIpc) is 2.33. The molecule has 1 aromatic heterocycles. The molecular formula is C12H11ClFN3. The smallest absolute Gasteiger partial charge is 0.141 e. The maximum Gasteiger partial charge on any atom is 0.141 e. The van der Waals surface area contributed by atoms with Crippen molar-refractivity contribution < 1.29 is 4.39 Å². The van der Waals surface area contributed by atoms with Crippen LogP contribution in [-0.2, 0) is 6.42 Å². The van der Waals surface area contributed by atoms with Gasteiger partial charge in [-0.25, -0.2) is 14.4 Å². The van der Waals surface area contributed by atoms with Gasteiger partial charge >= 0.3 is 0 Å². The Kier molecular flexibility index (Phi) is 3.66. The lowest BCUT2D eigenvalue weighted by atomic mass is 10.1. The van der Waals surface area contributed by atoms with E-state index in [4.69, 9.17) is 17.3 Å². The number of benzene rings is 1. The monoisotopic (exact) mass is 251 g/mol. The SMILES string of the molecule is NCCc1nccc(-c2ccc(F)c(Cl)c2)n1. The first kappa shape index (κ1) is 12.0. The fraction of sp³-hybridized carbons (Fsp3) is 0.167. The number of rotatable bonds is 3. The zero-order chi connectivity index (χ0) is 12.3. The van der Waals surface area contributed by atoms with Gasteiger partial charge in [0.15, 0.2) is 0 Å². The van der Waals surface area contributed by atoms with E-state index >= 15 is 0 Å². The van der Waals surface area contributed by atoms with E-state index in [9.17, 15) is 4.39 Å². The Balaban J connectivity index is 2.38. The Morgan fingerprint density at radius 2 is 2.12 bits per heavy atom. The number of nitrogens with two attached hydrogens (primary N) is 1. The third kappa shape index (κ3) is 2.78. The average molecular weight is 252 g/mol. The number of nitrogens with zero attached hydrogens (tertiary/aromatic N) is 2. The van der Waals surface area contributed by atoms with Crippen LogP contribution in [0.4, 0.5) is 4.39 Å². The topological polar surface area (TPSA) is 51.8 Å². The van der Waals surface area contributed by atoms with Gasteiger partial charge in [0.1, 0.15) is 11.6 Å². The zero-order valence-electron chi connectivity index (χ0n) is 9.03. The lowest BCUT2D eigenvalue weighted by Crippen LogP contribution is -2.06. The molecule has 0 saturated carbocycles. The summed E-state index contributed by atoms with van der Waals surface area (Å²) < 4.78 is 13.0. The molecule has 0 aliphatic heterocycles. The molecule has 0 radical (unpaired) electrons. The number of hydrogen-bond acceptors (Lipinski definition) is 3. The molecule has 0 saturated heterocycles. The van der Waals surface area contributed by atoms with Crippen LogP contribution < -0.4 is 5.73 Å². The van der Waals surface area contributed by atoms with Crippen LogP contribution in [0.15, 0.2) is 30.5 Å². The van der Waals surface area contributed by atoms with Gasteiger partial charge in [0.05, 0.1) is 10.7 Å². The van der Waals surface area contributed by atoms with Crippen molar-refractivity contribution in [2.24, 2.45) is 5.73 Å². The largest absolute Gasteiger partial charge is 0.330 e. The van der Waals surface area contributed by atoms with Crippen LogP contribution in [0.25, 0.3) is 11.3 Å². The lowest BCUT2D eigenvalue weighted by Gasteiger charge is -2.04. The lowest BCUT2D eigenvalue weighted by molar-refractivity contribution is 0.628. The van der Waals surface area contributed by atoms with Crippen molar-refractivity contribution in [3.8, 4) is 11.3 Å². The van der Waals surface area contributed by atoms with Crippen LogP contribution >= 0.6 is 11.6 Å². The van der Waals surface area contributed by atoms with E-state index in [0.717, 1.165) is 5.56 Å². The van der Waals surface area contributed by atoms with Crippen molar-refractivity contribution in [1.29, 1.82) is 0 Å². The molecule has 17 heavy (non-hydrogen) atoms. The summed E-state index contributed by atoms with van der Waals surface area (Å²) in [6.45, 7) is 0.494. The third-order valence-electron chi connectivity index (χ3n) is 2.29. The van der Waals surface area contributed by atoms with Crippen LogP contribution in [0.1, 0.15) is 5.82 Å². The molecule has 0 fully saturated rings. The minimum absolute atomic E-state index is 0.0847. The Labute approximate surface area is 103 Å². The minimum Gasteiger partial charge on any atom is -0.330 e.